The standard InChI is InChI=1S/C16H23N5O2/c1-12(21-11-17-10-19-21)16(22)18-9-14(20(2)3)13-7-5-6-8-15(13)23-4/h5-8,10-12,14H,9H2,1-4H3,(H,18,22)/t12-,14-/m0/s1. The first-order valence-corrected chi connectivity index (χ1v) is 7.45. The number of hydrogen-bond donors (Lipinski definition) is 1. The van der Waals surface area contributed by atoms with Gasteiger partial charge in [0, 0.05) is 12.1 Å². The minimum atomic E-state index is -0.405. The lowest BCUT2D eigenvalue weighted by Crippen LogP contribution is -2.38. The molecule has 0 aliphatic heterocycles. The molecule has 1 heterocycles. The summed E-state index contributed by atoms with van der Waals surface area (Å²) in [5, 5.41) is 6.98. The highest BCUT2D eigenvalue weighted by molar-refractivity contribution is 5.79. The number of nitrogens with one attached hydrogen (secondary N) is 1. The van der Waals surface area contributed by atoms with E-state index < -0.39 is 6.04 Å². The molecule has 23 heavy (non-hydrogen) atoms. The van der Waals surface area contributed by atoms with Crippen molar-refractivity contribution in [1.82, 2.24) is 25.0 Å². The Bertz CT molecular complexity index is 627. The van der Waals surface area contributed by atoms with Crippen LogP contribution in [-0.2, 0) is 4.79 Å². The summed E-state index contributed by atoms with van der Waals surface area (Å²) in [5.41, 5.74) is 1.04. The molecule has 124 valence electrons. The summed E-state index contributed by atoms with van der Waals surface area (Å²) in [7, 11) is 5.60. The molecular formula is C16H23N5O2. The summed E-state index contributed by atoms with van der Waals surface area (Å²) in [6, 6.07) is 7.44. The first-order chi connectivity index (χ1) is 11.0. The monoisotopic (exact) mass is 317 g/mol. The minimum Gasteiger partial charge on any atom is -0.496 e. The second-order valence-electron chi connectivity index (χ2n) is 5.52. The minimum absolute atomic E-state index is 0.0121. The number of para-hydroxylation sites is 1. The van der Waals surface area contributed by atoms with Crippen LogP contribution in [0, 0.1) is 0 Å². The summed E-state index contributed by atoms with van der Waals surface area (Å²) < 4.78 is 6.96. The predicted octanol–water partition coefficient (Wildman–Crippen LogP) is 1.27. The summed E-state index contributed by atoms with van der Waals surface area (Å²) in [5.74, 6) is 0.710. The molecule has 0 fully saturated rings. The van der Waals surface area contributed by atoms with Crippen LogP contribution in [0.4, 0.5) is 0 Å². The number of aromatic nitrogens is 3. The van der Waals surface area contributed by atoms with Crippen molar-refractivity contribution in [3.63, 3.8) is 0 Å². The van der Waals surface area contributed by atoms with Gasteiger partial charge in [0.25, 0.3) is 0 Å². The SMILES string of the molecule is COc1ccccc1[C@H](CNC(=O)[C@H](C)n1cncn1)N(C)C. The zero-order valence-corrected chi connectivity index (χ0v) is 13.9. The fourth-order valence-electron chi connectivity index (χ4n) is 2.39. The van der Waals surface area contributed by atoms with E-state index >= 15 is 0 Å². The lowest BCUT2D eigenvalue weighted by Gasteiger charge is -2.27. The number of amides is 1. The Labute approximate surface area is 136 Å². The van der Waals surface area contributed by atoms with Gasteiger partial charge in [0.05, 0.1) is 13.2 Å². The Morgan fingerprint density at radius 2 is 2.13 bits per heavy atom. The third-order valence-corrected chi connectivity index (χ3v) is 3.80. The van der Waals surface area contributed by atoms with Crippen LogP contribution >= 0.6 is 0 Å². The molecule has 2 aromatic rings. The highest BCUT2D eigenvalue weighted by atomic mass is 16.5. The Morgan fingerprint density at radius 3 is 2.74 bits per heavy atom. The van der Waals surface area contributed by atoms with Crippen molar-refractivity contribution in [3.05, 3.63) is 42.5 Å². The maximum absolute atomic E-state index is 12.3. The molecule has 0 aliphatic rings. The van der Waals surface area contributed by atoms with Crippen LogP contribution in [0.15, 0.2) is 36.9 Å². The van der Waals surface area contributed by atoms with Gasteiger partial charge in [0.2, 0.25) is 5.91 Å². The molecule has 1 aromatic carbocycles. The predicted molar refractivity (Wildman–Crippen MR) is 87.2 cm³/mol. The van der Waals surface area contributed by atoms with Gasteiger partial charge < -0.3 is 15.0 Å². The second-order valence-corrected chi connectivity index (χ2v) is 5.52. The molecule has 0 aliphatic carbocycles. The van der Waals surface area contributed by atoms with Gasteiger partial charge in [-0.05, 0) is 27.1 Å². The van der Waals surface area contributed by atoms with E-state index in [2.05, 4.69) is 20.3 Å². The highest BCUT2D eigenvalue weighted by Gasteiger charge is 2.21. The third kappa shape index (κ3) is 4.07. The zero-order valence-electron chi connectivity index (χ0n) is 13.9. The zero-order chi connectivity index (χ0) is 16.8. The van der Waals surface area contributed by atoms with E-state index in [0.717, 1.165) is 11.3 Å². The number of benzene rings is 1. The van der Waals surface area contributed by atoms with Crippen molar-refractivity contribution in [2.24, 2.45) is 0 Å². The molecule has 1 amide bonds. The number of rotatable bonds is 7. The fourth-order valence-corrected chi connectivity index (χ4v) is 2.39. The highest BCUT2D eigenvalue weighted by Crippen LogP contribution is 2.27. The number of carbonyl (C=O) groups is 1. The average molecular weight is 317 g/mol. The summed E-state index contributed by atoms with van der Waals surface area (Å²) in [6.45, 7) is 2.27. The fraction of sp³-hybridized carbons (Fsp3) is 0.438. The van der Waals surface area contributed by atoms with E-state index in [-0.39, 0.29) is 11.9 Å². The summed E-state index contributed by atoms with van der Waals surface area (Å²) >= 11 is 0. The molecule has 0 unspecified atom stereocenters. The van der Waals surface area contributed by atoms with Crippen LogP contribution in [0.25, 0.3) is 0 Å². The van der Waals surface area contributed by atoms with Crippen LogP contribution in [0.5, 0.6) is 5.75 Å². The number of nitrogens with zero attached hydrogens (tertiary/aromatic N) is 4. The van der Waals surface area contributed by atoms with Crippen LogP contribution in [0.3, 0.4) is 0 Å². The Morgan fingerprint density at radius 1 is 1.39 bits per heavy atom. The number of hydrogen-bond acceptors (Lipinski definition) is 5. The lowest BCUT2D eigenvalue weighted by molar-refractivity contribution is -0.124. The number of ether oxygens (including phenoxy) is 1. The molecule has 7 heteroatoms. The molecule has 0 bridgehead atoms. The largest absolute Gasteiger partial charge is 0.496 e. The van der Waals surface area contributed by atoms with Crippen LogP contribution in [0.1, 0.15) is 24.6 Å². The Kier molecular flexibility index (Phi) is 5.70. The average Bonchev–Trinajstić information content (AvgIpc) is 3.08. The maximum atomic E-state index is 12.3. The van der Waals surface area contributed by atoms with Crippen molar-refractivity contribution < 1.29 is 9.53 Å². The smallest absolute Gasteiger partial charge is 0.244 e. The van der Waals surface area contributed by atoms with E-state index in [4.69, 9.17) is 4.74 Å². The Balaban J connectivity index is 2.07. The normalized spacial score (nSPS) is 13.6. The van der Waals surface area contributed by atoms with Gasteiger partial charge in [-0.3, -0.25) is 4.79 Å². The van der Waals surface area contributed by atoms with Crippen LogP contribution in [0.2, 0.25) is 0 Å². The van der Waals surface area contributed by atoms with Gasteiger partial charge in [0.1, 0.15) is 24.4 Å². The number of methoxy groups -OCH3 is 1. The molecule has 1 aromatic heterocycles. The molecule has 0 radical (unpaired) electrons. The maximum Gasteiger partial charge on any atom is 0.244 e. The van der Waals surface area contributed by atoms with Gasteiger partial charge >= 0.3 is 0 Å². The summed E-state index contributed by atoms with van der Waals surface area (Å²) in [4.78, 5) is 18.2. The summed E-state index contributed by atoms with van der Waals surface area (Å²) in [6.07, 6.45) is 2.95. The van der Waals surface area contributed by atoms with E-state index in [0.29, 0.717) is 6.54 Å². The molecule has 7 nitrogen and oxygen atoms in total. The first-order valence-electron chi connectivity index (χ1n) is 7.45. The molecular weight excluding hydrogens is 294 g/mol. The molecule has 2 rings (SSSR count). The Hall–Kier alpha value is -2.41. The van der Waals surface area contributed by atoms with Crippen molar-refractivity contribution in [2.45, 2.75) is 19.0 Å². The van der Waals surface area contributed by atoms with Gasteiger partial charge in [-0.1, -0.05) is 18.2 Å². The van der Waals surface area contributed by atoms with E-state index in [1.807, 2.05) is 38.4 Å². The van der Waals surface area contributed by atoms with Crippen LogP contribution in [-0.4, -0.2) is 53.3 Å². The first kappa shape index (κ1) is 17.0. The van der Waals surface area contributed by atoms with Gasteiger partial charge in [0.15, 0.2) is 0 Å². The van der Waals surface area contributed by atoms with Gasteiger partial charge in [-0.2, -0.15) is 5.10 Å². The number of likely N-dealkylation sites (N-methyl/N-ethyl adjacent to an activating group) is 1. The molecule has 0 saturated heterocycles. The van der Waals surface area contributed by atoms with E-state index in [1.165, 1.54) is 17.3 Å². The third-order valence-electron chi connectivity index (χ3n) is 3.80. The topological polar surface area (TPSA) is 72.3 Å². The molecule has 2 atom stereocenters. The number of carbonyl (C=O) groups excluding carboxylic acids is 1. The van der Waals surface area contributed by atoms with Crippen molar-refractivity contribution in [2.75, 3.05) is 27.7 Å². The second kappa shape index (κ2) is 7.73. The van der Waals surface area contributed by atoms with E-state index in [1.54, 1.807) is 14.0 Å². The van der Waals surface area contributed by atoms with Crippen molar-refractivity contribution in [1.29, 1.82) is 0 Å². The van der Waals surface area contributed by atoms with Gasteiger partial charge in [-0.25, -0.2) is 9.67 Å². The van der Waals surface area contributed by atoms with Crippen molar-refractivity contribution >= 4 is 5.91 Å². The lowest BCUT2D eigenvalue weighted by atomic mass is 10.0. The molecule has 0 saturated carbocycles. The van der Waals surface area contributed by atoms with Gasteiger partial charge in [-0.15, -0.1) is 0 Å². The molecule has 0 spiro atoms. The quantitative estimate of drug-likeness (QED) is 0.832. The van der Waals surface area contributed by atoms with Crippen molar-refractivity contribution in [3.8, 4) is 5.75 Å². The van der Waals surface area contributed by atoms with Crippen LogP contribution < -0.4 is 10.1 Å². The van der Waals surface area contributed by atoms with E-state index in [9.17, 15) is 4.79 Å². The molecule has 1 N–H and O–H groups in total.